The van der Waals surface area contributed by atoms with Gasteiger partial charge in [0.2, 0.25) is 0 Å². The monoisotopic (exact) mass is 487 g/mol. The maximum Gasteiger partial charge on any atom is 0.308 e. The van der Waals surface area contributed by atoms with Crippen molar-refractivity contribution >= 4 is 28.6 Å². The fraction of sp³-hybridized carbons (Fsp3) is 0.179. The Morgan fingerprint density at radius 2 is 1.33 bits per heavy atom. The summed E-state index contributed by atoms with van der Waals surface area (Å²) in [7, 11) is 3.15. The lowest BCUT2D eigenvalue weighted by Crippen LogP contribution is -2.10. The van der Waals surface area contributed by atoms with E-state index >= 15 is 0 Å². The Labute approximate surface area is 208 Å². The second-order valence-corrected chi connectivity index (χ2v) is 8.05. The summed E-state index contributed by atoms with van der Waals surface area (Å²) in [5.41, 5.74) is 2.94. The van der Waals surface area contributed by atoms with E-state index in [1.165, 1.54) is 13.8 Å². The van der Waals surface area contributed by atoms with E-state index in [0.717, 1.165) is 22.0 Å². The number of aromatic nitrogens is 1. The number of methoxy groups -OCH3 is 2. The third-order valence-corrected chi connectivity index (χ3v) is 5.55. The highest BCUT2D eigenvalue weighted by Gasteiger charge is 2.19. The Morgan fingerprint density at radius 3 is 1.86 bits per heavy atom. The Bertz CT molecular complexity index is 1430. The van der Waals surface area contributed by atoms with E-state index in [1.54, 1.807) is 56.7 Å². The molecule has 4 aromatic rings. The lowest BCUT2D eigenvalue weighted by molar-refractivity contribution is -0.132. The van der Waals surface area contributed by atoms with Gasteiger partial charge < -0.3 is 23.5 Å². The molecule has 36 heavy (non-hydrogen) atoms. The second kappa shape index (κ2) is 10.4. The second-order valence-electron chi connectivity index (χ2n) is 8.05. The van der Waals surface area contributed by atoms with Gasteiger partial charge in [-0.15, -0.1) is 0 Å². The molecule has 0 unspecified atom stereocenters. The molecule has 1 heterocycles. The number of fused-ring (bicyclic) bond motifs is 1. The first-order valence-electron chi connectivity index (χ1n) is 11.1. The summed E-state index contributed by atoms with van der Waals surface area (Å²) in [4.78, 5) is 35.6. The molecule has 4 rings (SSSR count). The molecule has 1 aromatic heterocycles. The smallest absolute Gasteiger partial charge is 0.308 e. The molecular weight excluding hydrogens is 462 g/mol. The molecule has 0 aliphatic heterocycles. The van der Waals surface area contributed by atoms with Gasteiger partial charge in [0.05, 0.1) is 26.3 Å². The Balaban J connectivity index is 1.75. The minimum Gasteiger partial charge on any atom is -0.497 e. The van der Waals surface area contributed by atoms with Crippen LogP contribution < -0.4 is 18.9 Å². The molecule has 0 atom stereocenters. The number of benzene rings is 3. The maximum absolute atomic E-state index is 13.2. The highest BCUT2D eigenvalue weighted by molar-refractivity contribution is 6.03. The van der Waals surface area contributed by atoms with Crippen LogP contribution in [0.5, 0.6) is 23.0 Å². The summed E-state index contributed by atoms with van der Waals surface area (Å²) in [5, 5.41) is 0.816. The standard InChI is InChI=1S/C28H25NO7/c1-17(30)35-21-9-5-19(6-10-21)24-15-29(25-13-23(33-3)14-27(34-4)28(24)25)16-26(32)20-7-11-22(12-8-20)36-18(2)31/h5-15H,16H2,1-4H3. The van der Waals surface area contributed by atoms with Crippen molar-refractivity contribution in [3.8, 4) is 34.1 Å². The van der Waals surface area contributed by atoms with Crippen LogP contribution in [-0.2, 0) is 16.1 Å². The molecule has 3 aromatic carbocycles. The van der Waals surface area contributed by atoms with Crippen LogP contribution >= 0.6 is 0 Å². The minimum absolute atomic E-state index is 0.0608. The largest absolute Gasteiger partial charge is 0.497 e. The van der Waals surface area contributed by atoms with Crippen LogP contribution in [0.15, 0.2) is 66.9 Å². The average Bonchev–Trinajstić information content (AvgIpc) is 3.21. The van der Waals surface area contributed by atoms with Crippen molar-refractivity contribution in [1.29, 1.82) is 0 Å². The van der Waals surface area contributed by atoms with Gasteiger partial charge in [-0.1, -0.05) is 12.1 Å². The number of ketones is 1. The van der Waals surface area contributed by atoms with Crippen LogP contribution in [0.1, 0.15) is 24.2 Å². The van der Waals surface area contributed by atoms with Crippen LogP contribution in [0.3, 0.4) is 0 Å². The van der Waals surface area contributed by atoms with Gasteiger partial charge in [0.15, 0.2) is 5.78 Å². The number of carbonyl (C=O) groups excluding carboxylic acids is 3. The number of rotatable bonds is 8. The van der Waals surface area contributed by atoms with E-state index in [0.29, 0.717) is 28.6 Å². The molecular formula is C28H25NO7. The molecule has 8 heteroatoms. The number of esters is 2. The van der Waals surface area contributed by atoms with Crippen molar-refractivity contribution in [2.24, 2.45) is 0 Å². The first kappa shape index (κ1) is 24.5. The van der Waals surface area contributed by atoms with E-state index in [1.807, 2.05) is 29.0 Å². The van der Waals surface area contributed by atoms with Gasteiger partial charge in [-0.3, -0.25) is 14.4 Å². The normalized spacial score (nSPS) is 10.7. The van der Waals surface area contributed by atoms with E-state index in [2.05, 4.69) is 0 Å². The van der Waals surface area contributed by atoms with Crippen LogP contribution in [0, 0.1) is 0 Å². The zero-order valence-corrected chi connectivity index (χ0v) is 20.4. The number of nitrogens with zero attached hydrogens (tertiary/aromatic N) is 1. The average molecular weight is 488 g/mol. The lowest BCUT2D eigenvalue weighted by Gasteiger charge is -2.10. The first-order chi connectivity index (χ1) is 17.3. The summed E-state index contributed by atoms with van der Waals surface area (Å²) < 4.78 is 23.2. The number of carbonyl (C=O) groups is 3. The van der Waals surface area contributed by atoms with Crippen LogP contribution in [0.2, 0.25) is 0 Å². The van der Waals surface area contributed by atoms with Crippen LogP contribution in [-0.4, -0.2) is 36.5 Å². The molecule has 0 N–H and O–H groups in total. The Hall–Kier alpha value is -4.59. The number of hydrogen-bond donors (Lipinski definition) is 0. The van der Waals surface area contributed by atoms with Crippen molar-refractivity contribution in [2.75, 3.05) is 14.2 Å². The quantitative estimate of drug-likeness (QED) is 0.195. The predicted molar refractivity (Wildman–Crippen MR) is 134 cm³/mol. The number of Topliss-reactive ketones (excluding diaryl/α,β-unsaturated/α-hetero) is 1. The van der Waals surface area contributed by atoms with Gasteiger partial charge in [0, 0.05) is 48.7 Å². The summed E-state index contributed by atoms with van der Waals surface area (Å²) >= 11 is 0. The zero-order chi connectivity index (χ0) is 25.8. The molecule has 0 amide bonds. The number of ether oxygens (including phenoxy) is 4. The van der Waals surface area contributed by atoms with Gasteiger partial charge in [-0.25, -0.2) is 0 Å². The summed E-state index contributed by atoms with van der Waals surface area (Å²) in [6.45, 7) is 2.73. The van der Waals surface area contributed by atoms with E-state index in [4.69, 9.17) is 18.9 Å². The van der Waals surface area contributed by atoms with E-state index < -0.39 is 11.9 Å². The highest BCUT2D eigenvalue weighted by Crippen LogP contribution is 2.40. The molecule has 0 saturated heterocycles. The fourth-order valence-electron chi connectivity index (χ4n) is 3.98. The van der Waals surface area contributed by atoms with Gasteiger partial charge in [0.25, 0.3) is 0 Å². The van der Waals surface area contributed by atoms with Crippen molar-refractivity contribution in [3.63, 3.8) is 0 Å². The number of hydrogen-bond acceptors (Lipinski definition) is 7. The van der Waals surface area contributed by atoms with E-state index in [-0.39, 0.29) is 12.3 Å². The maximum atomic E-state index is 13.2. The third kappa shape index (κ3) is 5.22. The van der Waals surface area contributed by atoms with Crippen LogP contribution in [0.4, 0.5) is 0 Å². The van der Waals surface area contributed by atoms with Crippen molar-refractivity contribution < 1.29 is 33.3 Å². The molecule has 8 nitrogen and oxygen atoms in total. The molecule has 0 aliphatic rings. The molecule has 0 aliphatic carbocycles. The molecule has 184 valence electrons. The van der Waals surface area contributed by atoms with Gasteiger partial charge in [0.1, 0.15) is 23.0 Å². The summed E-state index contributed by atoms with van der Waals surface area (Å²) in [5.74, 6) is 1.06. The van der Waals surface area contributed by atoms with Gasteiger partial charge in [-0.05, 0) is 42.0 Å². The Kier molecular flexibility index (Phi) is 7.05. The van der Waals surface area contributed by atoms with Crippen molar-refractivity contribution in [1.82, 2.24) is 4.57 Å². The molecule has 0 spiro atoms. The van der Waals surface area contributed by atoms with Crippen molar-refractivity contribution in [2.45, 2.75) is 20.4 Å². The molecule has 0 fully saturated rings. The lowest BCUT2D eigenvalue weighted by atomic mass is 10.0. The third-order valence-electron chi connectivity index (χ3n) is 5.55. The first-order valence-corrected chi connectivity index (χ1v) is 11.1. The zero-order valence-electron chi connectivity index (χ0n) is 20.4. The molecule has 0 radical (unpaired) electrons. The van der Waals surface area contributed by atoms with E-state index in [9.17, 15) is 14.4 Å². The topological polar surface area (TPSA) is 93.1 Å². The van der Waals surface area contributed by atoms with Crippen molar-refractivity contribution in [3.05, 3.63) is 72.4 Å². The SMILES string of the molecule is COc1cc(OC)c2c(-c3ccc(OC(C)=O)cc3)cn(CC(=O)c3ccc(OC(C)=O)cc3)c2c1. The highest BCUT2D eigenvalue weighted by atomic mass is 16.5. The van der Waals surface area contributed by atoms with Gasteiger partial charge >= 0.3 is 11.9 Å². The summed E-state index contributed by atoms with van der Waals surface area (Å²) in [6, 6.07) is 17.2. The molecule has 0 bridgehead atoms. The molecule has 0 saturated carbocycles. The summed E-state index contributed by atoms with van der Waals surface area (Å²) in [6.07, 6.45) is 1.89. The predicted octanol–water partition coefficient (Wildman–Crippen LogP) is 5.06. The minimum atomic E-state index is -0.427. The fourth-order valence-corrected chi connectivity index (χ4v) is 3.98. The Morgan fingerprint density at radius 1 is 0.750 bits per heavy atom. The van der Waals surface area contributed by atoms with Crippen LogP contribution in [0.25, 0.3) is 22.0 Å². The van der Waals surface area contributed by atoms with Gasteiger partial charge in [-0.2, -0.15) is 0 Å².